The molecule has 3 heteroatoms. The molecule has 0 heterocycles. The number of hydrogen-bond acceptors (Lipinski definition) is 2. The van der Waals surface area contributed by atoms with Crippen LogP contribution in [0.1, 0.15) is 35.7 Å². The highest BCUT2D eigenvalue weighted by Gasteiger charge is 2.20. The van der Waals surface area contributed by atoms with E-state index in [2.05, 4.69) is 24.4 Å². The molecule has 3 N–H and O–H groups in total. The molecule has 0 saturated heterocycles. The highest BCUT2D eigenvalue weighted by Crippen LogP contribution is 2.21. The van der Waals surface area contributed by atoms with Crippen molar-refractivity contribution in [3.8, 4) is 0 Å². The SMILES string of the molecule is Cc1ccccc1C(C)NC(C(N)=O)c1ccccc1. The van der Waals surface area contributed by atoms with E-state index < -0.39 is 6.04 Å². The molecule has 2 aromatic carbocycles. The Kier molecular flexibility index (Phi) is 4.53. The summed E-state index contributed by atoms with van der Waals surface area (Å²) in [6.45, 7) is 4.11. The van der Waals surface area contributed by atoms with Gasteiger partial charge in [-0.05, 0) is 30.5 Å². The summed E-state index contributed by atoms with van der Waals surface area (Å²) in [5.74, 6) is -0.364. The van der Waals surface area contributed by atoms with Crippen LogP contribution in [-0.4, -0.2) is 5.91 Å². The first-order valence-corrected chi connectivity index (χ1v) is 6.75. The summed E-state index contributed by atoms with van der Waals surface area (Å²) in [5.41, 5.74) is 8.79. The Morgan fingerprint density at radius 3 is 2.25 bits per heavy atom. The number of benzene rings is 2. The van der Waals surface area contributed by atoms with Gasteiger partial charge in [0.05, 0.1) is 0 Å². The minimum absolute atomic E-state index is 0.0499. The zero-order chi connectivity index (χ0) is 14.5. The van der Waals surface area contributed by atoms with E-state index >= 15 is 0 Å². The lowest BCUT2D eigenvalue weighted by atomic mass is 9.99. The van der Waals surface area contributed by atoms with Gasteiger partial charge in [-0.15, -0.1) is 0 Å². The van der Waals surface area contributed by atoms with Gasteiger partial charge in [-0.25, -0.2) is 0 Å². The normalized spacial score (nSPS) is 13.7. The van der Waals surface area contributed by atoms with Crippen LogP contribution in [0.3, 0.4) is 0 Å². The van der Waals surface area contributed by atoms with Crippen molar-refractivity contribution < 1.29 is 4.79 Å². The molecule has 2 atom stereocenters. The van der Waals surface area contributed by atoms with E-state index in [0.717, 1.165) is 5.56 Å². The van der Waals surface area contributed by atoms with Crippen LogP contribution in [0.5, 0.6) is 0 Å². The van der Waals surface area contributed by atoms with Crippen LogP contribution in [0, 0.1) is 6.92 Å². The van der Waals surface area contributed by atoms with E-state index in [-0.39, 0.29) is 11.9 Å². The van der Waals surface area contributed by atoms with E-state index in [0.29, 0.717) is 0 Å². The van der Waals surface area contributed by atoms with Crippen LogP contribution in [0.15, 0.2) is 54.6 Å². The van der Waals surface area contributed by atoms with Crippen molar-refractivity contribution in [2.45, 2.75) is 25.9 Å². The number of hydrogen-bond donors (Lipinski definition) is 2. The number of nitrogens with one attached hydrogen (secondary N) is 1. The highest BCUT2D eigenvalue weighted by atomic mass is 16.1. The number of nitrogens with two attached hydrogens (primary N) is 1. The standard InChI is InChI=1S/C17H20N2O/c1-12-8-6-7-11-15(12)13(2)19-16(17(18)20)14-9-4-3-5-10-14/h3-11,13,16,19H,1-2H3,(H2,18,20). The van der Waals surface area contributed by atoms with Gasteiger partial charge in [0.25, 0.3) is 0 Å². The fourth-order valence-corrected chi connectivity index (χ4v) is 2.40. The second-order valence-electron chi connectivity index (χ2n) is 4.99. The Morgan fingerprint density at radius 2 is 1.65 bits per heavy atom. The van der Waals surface area contributed by atoms with Crippen LogP contribution in [0.4, 0.5) is 0 Å². The van der Waals surface area contributed by atoms with Crippen molar-refractivity contribution in [2.24, 2.45) is 5.73 Å². The molecular weight excluding hydrogens is 248 g/mol. The van der Waals surface area contributed by atoms with E-state index in [1.54, 1.807) is 0 Å². The van der Waals surface area contributed by atoms with Gasteiger partial charge < -0.3 is 5.73 Å². The molecule has 104 valence electrons. The molecule has 0 bridgehead atoms. The zero-order valence-corrected chi connectivity index (χ0v) is 11.8. The average molecular weight is 268 g/mol. The monoisotopic (exact) mass is 268 g/mol. The summed E-state index contributed by atoms with van der Waals surface area (Å²) in [7, 11) is 0. The second-order valence-corrected chi connectivity index (χ2v) is 4.99. The summed E-state index contributed by atoms with van der Waals surface area (Å²) in [4.78, 5) is 11.7. The van der Waals surface area contributed by atoms with Crippen molar-refractivity contribution >= 4 is 5.91 Å². The average Bonchev–Trinajstić information content (AvgIpc) is 2.45. The number of carbonyl (C=O) groups excluding carboxylic acids is 1. The molecule has 20 heavy (non-hydrogen) atoms. The first-order chi connectivity index (χ1) is 9.59. The topological polar surface area (TPSA) is 55.1 Å². The highest BCUT2D eigenvalue weighted by molar-refractivity contribution is 5.81. The number of primary amides is 1. The van der Waals surface area contributed by atoms with Gasteiger partial charge in [-0.3, -0.25) is 10.1 Å². The third kappa shape index (κ3) is 3.25. The molecule has 0 aromatic heterocycles. The quantitative estimate of drug-likeness (QED) is 0.876. The molecule has 2 unspecified atom stereocenters. The fraction of sp³-hybridized carbons (Fsp3) is 0.235. The van der Waals surface area contributed by atoms with Gasteiger partial charge in [0.1, 0.15) is 6.04 Å². The maximum atomic E-state index is 11.7. The van der Waals surface area contributed by atoms with E-state index in [1.165, 1.54) is 11.1 Å². The van der Waals surface area contributed by atoms with Crippen molar-refractivity contribution in [3.05, 3.63) is 71.3 Å². The fourth-order valence-electron chi connectivity index (χ4n) is 2.40. The van der Waals surface area contributed by atoms with Gasteiger partial charge >= 0.3 is 0 Å². The Hall–Kier alpha value is -2.13. The number of amides is 1. The van der Waals surface area contributed by atoms with Gasteiger partial charge in [-0.2, -0.15) is 0 Å². The molecule has 2 rings (SSSR count). The molecule has 0 aliphatic carbocycles. The predicted octanol–water partition coefficient (Wildman–Crippen LogP) is 2.87. The van der Waals surface area contributed by atoms with Crippen molar-refractivity contribution in [1.29, 1.82) is 0 Å². The second kappa shape index (κ2) is 6.35. The van der Waals surface area contributed by atoms with Gasteiger partial charge in [0.15, 0.2) is 0 Å². The van der Waals surface area contributed by atoms with E-state index in [9.17, 15) is 4.79 Å². The van der Waals surface area contributed by atoms with Crippen LogP contribution >= 0.6 is 0 Å². The molecule has 0 aliphatic rings. The van der Waals surface area contributed by atoms with E-state index in [4.69, 9.17) is 5.73 Å². The number of aryl methyl sites for hydroxylation is 1. The summed E-state index contributed by atoms with van der Waals surface area (Å²) >= 11 is 0. The molecule has 0 spiro atoms. The summed E-state index contributed by atoms with van der Waals surface area (Å²) in [6, 6.07) is 17.3. The lowest BCUT2D eigenvalue weighted by molar-refractivity contribution is -0.120. The molecule has 0 aliphatic heterocycles. The van der Waals surface area contributed by atoms with Crippen molar-refractivity contribution in [1.82, 2.24) is 5.32 Å². The Bertz CT molecular complexity index is 581. The molecule has 3 nitrogen and oxygen atoms in total. The van der Waals surface area contributed by atoms with Crippen molar-refractivity contribution in [2.75, 3.05) is 0 Å². The first-order valence-electron chi connectivity index (χ1n) is 6.75. The zero-order valence-electron chi connectivity index (χ0n) is 11.8. The molecule has 0 fully saturated rings. The Labute approximate surface area is 119 Å². The third-order valence-electron chi connectivity index (χ3n) is 3.49. The molecular formula is C17H20N2O. The third-order valence-corrected chi connectivity index (χ3v) is 3.49. The number of rotatable bonds is 5. The Morgan fingerprint density at radius 1 is 1.05 bits per heavy atom. The molecule has 0 saturated carbocycles. The van der Waals surface area contributed by atoms with Gasteiger partial charge in [0, 0.05) is 6.04 Å². The molecule has 0 radical (unpaired) electrons. The lowest BCUT2D eigenvalue weighted by Crippen LogP contribution is -2.35. The minimum Gasteiger partial charge on any atom is -0.368 e. The summed E-state index contributed by atoms with van der Waals surface area (Å²) in [5, 5.41) is 3.32. The van der Waals surface area contributed by atoms with Crippen LogP contribution in [0.2, 0.25) is 0 Å². The van der Waals surface area contributed by atoms with Crippen molar-refractivity contribution in [3.63, 3.8) is 0 Å². The smallest absolute Gasteiger partial charge is 0.239 e. The van der Waals surface area contributed by atoms with Crippen LogP contribution in [0.25, 0.3) is 0 Å². The van der Waals surface area contributed by atoms with Crippen LogP contribution < -0.4 is 11.1 Å². The predicted molar refractivity (Wildman–Crippen MR) is 81.1 cm³/mol. The largest absolute Gasteiger partial charge is 0.368 e. The maximum Gasteiger partial charge on any atom is 0.239 e. The minimum atomic E-state index is -0.481. The van der Waals surface area contributed by atoms with Gasteiger partial charge in [0.2, 0.25) is 5.91 Å². The van der Waals surface area contributed by atoms with E-state index in [1.807, 2.05) is 49.4 Å². The summed E-state index contributed by atoms with van der Waals surface area (Å²) < 4.78 is 0. The first kappa shape index (κ1) is 14.3. The molecule has 2 aromatic rings. The molecule has 1 amide bonds. The maximum absolute atomic E-state index is 11.7. The van der Waals surface area contributed by atoms with Crippen LogP contribution in [-0.2, 0) is 4.79 Å². The summed E-state index contributed by atoms with van der Waals surface area (Å²) in [6.07, 6.45) is 0. The lowest BCUT2D eigenvalue weighted by Gasteiger charge is -2.22. The van der Waals surface area contributed by atoms with Gasteiger partial charge in [-0.1, -0.05) is 54.6 Å². The Balaban J connectivity index is 2.21. The number of carbonyl (C=O) groups is 1.